The molecule has 0 fully saturated rings. The first kappa shape index (κ1) is 17.9. The van der Waals surface area contributed by atoms with Gasteiger partial charge in [-0.25, -0.2) is 0 Å². The molecule has 0 saturated carbocycles. The lowest BCUT2D eigenvalue weighted by molar-refractivity contribution is -0.384. The molecule has 0 bridgehead atoms. The average molecular weight is 566 g/mol. The van der Waals surface area contributed by atoms with Crippen LogP contribution in [-0.2, 0) is 6.61 Å². The average Bonchev–Trinajstić information content (AvgIpc) is 3.09. The number of benzene rings is 2. The third kappa shape index (κ3) is 4.20. The Hall–Kier alpha value is -0.880. The van der Waals surface area contributed by atoms with E-state index in [4.69, 9.17) is 4.74 Å². The monoisotopic (exact) mass is 566 g/mol. The summed E-state index contributed by atoms with van der Waals surface area (Å²) in [6.07, 6.45) is 0. The smallest absolute Gasteiger partial charge is 0.269 e. The van der Waals surface area contributed by atoms with Crippen molar-refractivity contribution in [2.45, 2.75) is 6.61 Å². The van der Waals surface area contributed by atoms with Gasteiger partial charge in [-0.05, 0) is 75.0 Å². The van der Waals surface area contributed by atoms with Crippen LogP contribution in [0.5, 0.6) is 5.75 Å². The molecule has 1 aliphatic heterocycles. The zero-order valence-electron chi connectivity index (χ0n) is 12.4. The number of hydrogen-bond donors (Lipinski definition) is 0. The lowest BCUT2D eigenvalue weighted by Crippen LogP contribution is -2.02. The quantitative estimate of drug-likeness (QED) is 0.295. The van der Waals surface area contributed by atoms with Crippen molar-refractivity contribution in [2.24, 2.45) is 4.99 Å². The van der Waals surface area contributed by atoms with Crippen LogP contribution in [0, 0.1) is 17.3 Å². The number of aliphatic imine (C=N–C) groups is 1. The fourth-order valence-corrected chi connectivity index (χ4v) is 5.12. The Kier molecular flexibility index (Phi) is 5.98. The van der Waals surface area contributed by atoms with Gasteiger partial charge in [-0.1, -0.05) is 0 Å². The van der Waals surface area contributed by atoms with E-state index in [2.05, 4.69) is 62.3 Å². The summed E-state index contributed by atoms with van der Waals surface area (Å²) in [7, 11) is 0. The van der Waals surface area contributed by atoms with Crippen LogP contribution >= 0.6 is 56.9 Å². The van der Waals surface area contributed by atoms with Crippen molar-refractivity contribution in [1.29, 1.82) is 0 Å². The van der Waals surface area contributed by atoms with Crippen LogP contribution in [0.2, 0.25) is 0 Å². The van der Waals surface area contributed by atoms with E-state index in [-0.39, 0.29) is 5.69 Å². The second-order valence-corrected chi connectivity index (χ2v) is 8.42. The van der Waals surface area contributed by atoms with Gasteiger partial charge in [0.05, 0.1) is 17.1 Å². The predicted molar refractivity (Wildman–Crippen MR) is 113 cm³/mol. The van der Waals surface area contributed by atoms with Gasteiger partial charge < -0.3 is 4.74 Å². The third-order valence-corrected chi connectivity index (χ3v) is 5.99. The summed E-state index contributed by atoms with van der Waals surface area (Å²) in [5.41, 5.74) is 2.11. The Bertz CT molecular complexity index is 786. The van der Waals surface area contributed by atoms with Crippen LogP contribution in [0.4, 0.5) is 5.69 Å². The Morgan fingerprint density at radius 1 is 1.21 bits per heavy atom. The molecule has 8 heteroatoms. The maximum absolute atomic E-state index is 10.7. The summed E-state index contributed by atoms with van der Waals surface area (Å²) < 4.78 is 8.01. The normalized spacial score (nSPS) is 13.7. The van der Waals surface area contributed by atoms with E-state index in [9.17, 15) is 10.1 Å². The molecule has 24 heavy (non-hydrogen) atoms. The van der Waals surface area contributed by atoms with Crippen LogP contribution < -0.4 is 4.74 Å². The largest absolute Gasteiger partial charge is 0.487 e. The molecule has 0 saturated heterocycles. The molecule has 2 aromatic rings. The molecule has 5 nitrogen and oxygen atoms in total. The van der Waals surface area contributed by atoms with Gasteiger partial charge in [0, 0.05) is 30.0 Å². The van der Waals surface area contributed by atoms with Gasteiger partial charge in [-0.15, -0.1) is 11.8 Å². The molecule has 0 aliphatic carbocycles. The van der Waals surface area contributed by atoms with Gasteiger partial charge in [0.2, 0.25) is 0 Å². The molecule has 2 aromatic carbocycles. The summed E-state index contributed by atoms with van der Waals surface area (Å²) in [6.45, 7) is 1.25. The SMILES string of the molecule is O=[N+]([O-])c1ccc(COc2c(I)cc(C3=NCCS3)cc2I)cc1. The molecule has 0 unspecified atom stereocenters. The first-order chi connectivity index (χ1) is 11.5. The summed E-state index contributed by atoms with van der Waals surface area (Å²) in [5, 5.41) is 11.8. The third-order valence-electron chi connectivity index (χ3n) is 3.36. The van der Waals surface area contributed by atoms with Crippen LogP contribution in [0.1, 0.15) is 11.1 Å². The van der Waals surface area contributed by atoms with Crippen molar-refractivity contribution >= 4 is 67.7 Å². The lowest BCUT2D eigenvalue weighted by Gasteiger charge is -2.12. The molecule has 1 heterocycles. The summed E-state index contributed by atoms with van der Waals surface area (Å²) in [4.78, 5) is 14.8. The number of non-ortho nitro benzene ring substituents is 1. The highest BCUT2D eigenvalue weighted by Crippen LogP contribution is 2.32. The molecule has 0 atom stereocenters. The molecular formula is C16H12I2N2O3S. The highest BCUT2D eigenvalue weighted by Gasteiger charge is 2.15. The molecule has 3 rings (SSSR count). The predicted octanol–water partition coefficient (Wildman–Crippen LogP) is 4.88. The number of halogens is 2. The highest BCUT2D eigenvalue weighted by atomic mass is 127. The van der Waals surface area contributed by atoms with Crippen molar-refractivity contribution < 1.29 is 9.66 Å². The van der Waals surface area contributed by atoms with Crippen molar-refractivity contribution in [1.82, 2.24) is 0 Å². The molecule has 0 amide bonds. The minimum Gasteiger partial charge on any atom is -0.487 e. The minimum absolute atomic E-state index is 0.0853. The zero-order chi connectivity index (χ0) is 17.1. The highest BCUT2D eigenvalue weighted by molar-refractivity contribution is 14.1. The number of nitrogens with zero attached hydrogens (tertiary/aromatic N) is 2. The maximum Gasteiger partial charge on any atom is 0.269 e. The Morgan fingerprint density at radius 3 is 2.42 bits per heavy atom. The maximum atomic E-state index is 10.7. The fourth-order valence-electron chi connectivity index (χ4n) is 2.20. The zero-order valence-corrected chi connectivity index (χ0v) is 17.5. The Balaban J connectivity index is 1.74. The van der Waals surface area contributed by atoms with Gasteiger partial charge in [-0.2, -0.15) is 0 Å². The molecule has 0 radical (unpaired) electrons. The van der Waals surface area contributed by atoms with Crippen molar-refractivity contribution in [3.8, 4) is 5.75 Å². The van der Waals surface area contributed by atoms with E-state index in [0.29, 0.717) is 6.61 Å². The van der Waals surface area contributed by atoms with Crippen molar-refractivity contribution in [2.75, 3.05) is 12.3 Å². The van der Waals surface area contributed by atoms with Gasteiger partial charge in [0.15, 0.2) is 0 Å². The van der Waals surface area contributed by atoms with Crippen molar-refractivity contribution in [3.63, 3.8) is 0 Å². The van der Waals surface area contributed by atoms with E-state index in [1.807, 2.05) is 0 Å². The first-order valence-electron chi connectivity index (χ1n) is 7.07. The fraction of sp³-hybridized carbons (Fsp3) is 0.188. The van der Waals surface area contributed by atoms with Crippen LogP contribution in [-0.4, -0.2) is 22.3 Å². The van der Waals surface area contributed by atoms with Gasteiger partial charge >= 0.3 is 0 Å². The molecule has 124 valence electrons. The van der Waals surface area contributed by atoms with E-state index >= 15 is 0 Å². The van der Waals surface area contributed by atoms with Crippen molar-refractivity contribution in [3.05, 3.63) is 64.8 Å². The minimum atomic E-state index is -0.404. The van der Waals surface area contributed by atoms with E-state index < -0.39 is 4.92 Å². The van der Waals surface area contributed by atoms with E-state index in [1.165, 1.54) is 12.1 Å². The number of nitro benzene ring substituents is 1. The van der Waals surface area contributed by atoms with Crippen LogP contribution in [0.25, 0.3) is 0 Å². The lowest BCUT2D eigenvalue weighted by atomic mass is 10.2. The summed E-state index contributed by atoms with van der Waals surface area (Å²) >= 11 is 6.32. The van der Waals surface area contributed by atoms with E-state index in [1.54, 1.807) is 23.9 Å². The molecular weight excluding hydrogens is 554 g/mol. The summed E-state index contributed by atoms with van der Waals surface area (Å²) in [5.74, 6) is 1.88. The number of ether oxygens (including phenoxy) is 1. The first-order valence-corrected chi connectivity index (χ1v) is 10.2. The van der Waals surface area contributed by atoms with Crippen LogP contribution in [0.15, 0.2) is 41.4 Å². The number of hydrogen-bond acceptors (Lipinski definition) is 5. The standard InChI is InChI=1S/C16H12I2N2O3S/c17-13-7-11(16-19-5-6-24-16)8-14(18)15(13)23-9-10-1-3-12(4-2-10)20(21)22/h1-4,7-8H,5-6,9H2. The molecule has 0 N–H and O–H groups in total. The topological polar surface area (TPSA) is 64.7 Å². The van der Waals surface area contributed by atoms with E-state index in [0.717, 1.165) is 41.4 Å². The van der Waals surface area contributed by atoms with Crippen LogP contribution in [0.3, 0.4) is 0 Å². The number of nitro groups is 1. The van der Waals surface area contributed by atoms with Gasteiger partial charge in [0.1, 0.15) is 12.4 Å². The second-order valence-electron chi connectivity index (χ2n) is 5.02. The number of thioether (sulfide) groups is 1. The Labute approximate surface area is 170 Å². The molecule has 0 spiro atoms. The summed E-state index contributed by atoms with van der Waals surface area (Å²) in [6, 6.07) is 10.6. The van der Waals surface area contributed by atoms with Gasteiger partial charge in [-0.3, -0.25) is 15.1 Å². The van der Waals surface area contributed by atoms with Gasteiger partial charge in [0.25, 0.3) is 5.69 Å². The number of rotatable bonds is 5. The molecule has 0 aromatic heterocycles. The second kappa shape index (κ2) is 8.00. The Morgan fingerprint density at radius 2 is 1.88 bits per heavy atom. The molecule has 1 aliphatic rings.